The third kappa shape index (κ3) is 2.73. The van der Waals surface area contributed by atoms with Gasteiger partial charge in [-0.15, -0.1) is 0 Å². The van der Waals surface area contributed by atoms with Crippen LogP contribution < -0.4 is 4.74 Å². The molecule has 0 fully saturated rings. The van der Waals surface area contributed by atoms with E-state index in [4.69, 9.17) is 9.47 Å². The van der Waals surface area contributed by atoms with Crippen LogP contribution in [-0.4, -0.2) is 24.8 Å². The normalized spacial score (nSPS) is 12.0. The van der Waals surface area contributed by atoms with Crippen molar-refractivity contribution in [2.45, 2.75) is 20.0 Å². The van der Waals surface area contributed by atoms with Crippen LogP contribution >= 0.6 is 0 Å². The highest BCUT2D eigenvalue weighted by Crippen LogP contribution is 2.26. The zero-order valence-electron chi connectivity index (χ0n) is 9.69. The summed E-state index contributed by atoms with van der Waals surface area (Å²) >= 11 is 0. The zero-order chi connectivity index (χ0) is 12.1. The van der Waals surface area contributed by atoms with Gasteiger partial charge in [-0.3, -0.25) is 0 Å². The van der Waals surface area contributed by atoms with Gasteiger partial charge in [0.2, 0.25) is 0 Å². The number of aryl methyl sites for hydroxylation is 1. The summed E-state index contributed by atoms with van der Waals surface area (Å²) in [4.78, 5) is 11.4. The average Bonchev–Trinajstić information content (AvgIpc) is 2.28. The summed E-state index contributed by atoms with van der Waals surface area (Å²) in [6.07, 6.45) is -1.30. The van der Waals surface area contributed by atoms with Crippen molar-refractivity contribution in [2.75, 3.05) is 13.7 Å². The molecule has 0 radical (unpaired) electrons. The Bertz CT molecular complexity index is 373. The quantitative estimate of drug-likeness (QED) is 0.789. The lowest BCUT2D eigenvalue weighted by molar-refractivity contribution is -0.153. The van der Waals surface area contributed by atoms with Crippen LogP contribution in [-0.2, 0) is 9.53 Å². The molecule has 1 atom stereocenters. The van der Waals surface area contributed by atoms with Crippen LogP contribution in [0.1, 0.15) is 24.2 Å². The molecule has 0 heterocycles. The molecule has 1 unspecified atom stereocenters. The van der Waals surface area contributed by atoms with E-state index in [0.29, 0.717) is 11.3 Å². The highest BCUT2D eigenvalue weighted by molar-refractivity contribution is 5.77. The van der Waals surface area contributed by atoms with Gasteiger partial charge in [0, 0.05) is 5.56 Å². The Morgan fingerprint density at radius 3 is 2.75 bits per heavy atom. The first-order chi connectivity index (χ1) is 7.60. The summed E-state index contributed by atoms with van der Waals surface area (Å²) in [5, 5.41) is 9.77. The van der Waals surface area contributed by atoms with E-state index < -0.39 is 12.1 Å². The number of carbonyl (C=O) groups is 1. The Hall–Kier alpha value is -1.55. The molecule has 0 aliphatic heterocycles. The molecule has 0 saturated heterocycles. The molecule has 1 rings (SSSR count). The van der Waals surface area contributed by atoms with Crippen molar-refractivity contribution >= 4 is 5.97 Å². The molecule has 1 N–H and O–H groups in total. The summed E-state index contributed by atoms with van der Waals surface area (Å²) in [6.45, 7) is 3.84. The van der Waals surface area contributed by atoms with Crippen molar-refractivity contribution in [3.63, 3.8) is 0 Å². The van der Waals surface area contributed by atoms with Gasteiger partial charge in [0.25, 0.3) is 0 Å². The maximum Gasteiger partial charge on any atom is 0.339 e. The third-order valence-electron chi connectivity index (χ3n) is 2.19. The highest BCUT2D eigenvalue weighted by Gasteiger charge is 2.22. The van der Waals surface area contributed by atoms with Crippen LogP contribution in [0.3, 0.4) is 0 Å². The first-order valence-electron chi connectivity index (χ1n) is 5.09. The topological polar surface area (TPSA) is 55.8 Å². The average molecular weight is 224 g/mol. The lowest BCUT2D eigenvalue weighted by atomic mass is 10.1. The molecule has 0 spiro atoms. The van der Waals surface area contributed by atoms with Crippen molar-refractivity contribution in [1.29, 1.82) is 0 Å². The number of benzene rings is 1. The number of methoxy groups -OCH3 is 1. The Kier molecular flexibility index (Phi) is 4.31. The predicted molar refractivity (Wildman–Crippen MR) is 59.3 cm³/mol. The van der Waals surface area contributed by atoms with Gasteiger partial charge in [0.05, 0.1) is 13.7 Å². The van der Waals surface area contributed by atoms with Crippen LogP contribution in [0, 0.1) is 6.92 Å². The third-order valence-corrected chi connectivity index (χ3v) is 2.19. The number of carbonyl (C=O) groups excluding carboxylic acids is 1. The molecule has 88 valence electrons. The second-order valence-corrected chi connectivity index (χ2v) is 3.40. The van der Waals surface area contributed by atoms with Crippen LogP contribution in [0.4, 0.5) is 0 Å². The Labute approximate surface area is 94.8 Å². The molecule has 1 aromatic rings. The van der Waals surface area contributed by atoms with Crippen molar-refractivity contribution in [3.8, 4) is 5.75 Å². The van der Waals surface area contributed by atoms with Crippen molar-refractivity contribution in [1.82, 2.24) is 0 Å². The maximum atomic E-state index is 11.4. The van der Waals surface area contributed by atoms with Crippen molar-refractivity contribution in [3.05, 3.63) is 29.3 Å². The number of aliphatic hydroxyl groups excluding tert-OH is 1. The van der Waals surface area contributed by atoms with E-state index in [9.17, 15) is 9.90 Å². The smallest absolute Gasteiger partial charge is 0.339 e. The van der Waals surface area contributed by atoms with Crippen LogP contribution in [0.5, 0.6) is 5.75 Å². The van der Waals surface area contributed by atoms with Crippen LogP contribution in [0.15, 0.2) is 18.2 Å². The number of esters is 1. The zero-order valence-corrected chi connectivity index (χ0v) is 9.69. The molecular formula is C12H16O4. The van der Waals surface area contributed by atoms with Crippen LogP contribution in [0.2, 0.25) is 0 Å². The predicted octanol–water partition coefficient (Wildman–Crippen LogP) is 1.60. The molecule has 4 heteroatoms. The molecule has 0 amide bonds. The molecule has 1 aromatic carbocycles. The number of hydrogen-bond donors (Lipinski definition) is 1. The first-order valence-corrected chi connectivity index (χ1v) is 5.09. The largest absolute Gasteiger partial charge is 0.496 e. The number of hydrogen-bond acceptors (Lipinski definition) is 4. The summed E-state index contributed by atoms with van der Waals surface area (Å²) < 4.78 is 9.85. The molecule has 0 bridgehead atoms. The fourth-order valence-corrected chi connectivity index (χ4v) is 1.39. The van der Waals surface area contributed by atoms with Gasteiger partial charge in [-0.2, -0.15) is 0 Å². The molecule has 0 saturated carbocycles. The highest BCUT2D eigenvalue weighted by atomic mass is 16.5. The summed E-state index contributed by atoms with van der Waals surface area (Å²) in [5.74, 6) is -0.176. The van der Waals surface area contributed by atoms with E-state index >= 15 is 0 Å². The molecule has 0 aliphatic rings. The maximum absolute atomic E-state index is 11.4. The first kappa shape index (κ1) is 12.5. The second kappa shape index (κ2) is 5.51. The number of rotatable bonds is 4. The van der Waals surface area contributed by atoms with Crippen LogP contribution in [0.25, 0.3) is 0 Å². The Morgan fingerprint density at radius 2 is 2.19 bits per heavy atom. The Morgan fingerprint density at radius 1 is 1.50 bits per heavy atom. The SMILES string of the molecule is CCOC(=O)C(O)c1ccc(C)cc1OC. The monoisotopic (exact) mass is 224 g/mol. The van der Waals surface area contributed by atoms with Gasteiger partial charge in [-0.25, -0.2) is 4.79 Å². The van der Waals surface area contributed by atoms with Gasteiger partial charge in [0.1, 0.15) is 5.75 Å². The van der Waals surface area contributed by atoms with E-state index in [1.54, 1.807) is 25.1 Å². The lowest BCUT2D eigenvalue weighted by Gasteiger charge is -2.14. The fraction of sp³-hybridized carbons (Fsp3) is 0.417. The fourth-order valence-electron chi connectivity index (χ4n) is 1.39. The van der Waals surface area contributed by atoms with E-state index in [-0.39, 0.29) is 6.61 Å². The van der Waals surface area contributed by atoms with E-state index in [2.05, 4.69) is 0 Å². The minimum atomic E-state index is -1.30. The van der Waals surface area contributed by atoms with Gasteiger partial charge in [0.15, 0.2) is 6.10 Å². The second-order valence-electron chi connectivity index (χ2n) is 3.40. The lowest BCUT2D eigenvalue weighted by Crippen LogP contribution is -2.16. The minimum Gasteiger partial charge on any atom is -0.496 e. The van der Waals surface area contributed by atoms with Crippen molar-refractivity contribution in [2.24, 2.45) is 0 Å². The number of aliphatic hydroxyl groups is 1. The molecule has 0 aromatic heterocycles. The Balaban J connectivity index is 2.98. The standard InChI is InChI=1S/C12H16O4/c1-4-16-12(14)11(13)9-6-5-8(2)7-10(9)15-3/h5-7,11,13H,4H2,1-3H3. The molecule has 4 nitrogen and oxygen atoms in total. The number of ether oxygens (including phenoxy) is 2. The van der Waals surface area contributed by atoms with Gasteiger partial charge in [-0.1, -0.05) is 12.1 Å². The molecule has 0 aliphatic carbocycles. The molecular weight excluding hydrogens is 208 g/mol. The van der Waals surface area contributed by atoms with Gasteiger partial charge >= 0.3 is 5.97 Å². The summed E-state index contributed by atoms with van der Waals surface area (Å²) in [6, 6.07) is 5.23. The summed E-state index contributed by atoms with van der Waals surface area (Å²) in [5.41, 5.74) is 1.42. The summed E-state index contributed by atoms with van der Waals surface area (Å²) in [7, 11) is 1.50. The van der Waals surface area contributed by atoms with E-state index in [0.717, 1.165) is 5.56 Å². The van der Waals surface area contributed by atoms with E-state index in [1.807, 2.05) is 6.92 Å². The van der Waals surface area contributed by atoms with Gasteiger partial charge in [-0.05, 0) is 25.5 Å². The van der Waals surface area contributed by atoms with E-state index in [1.165, 1.54) is 7.11 Å². The van der Waals surface area contributed by atoms with Gasteiger partial charge < -0.3 is 14.6 Å². The molecule has 16 heavy (non-hydrogen) atoms. The minimum absolute atomic E-state index is 0.240. The van der Waals surface area contributed by atoms with Crippen molar-refractivity contribution < 1.29 is 19.4 Å².